The third kappa shape index (κ3) is 6.10. The van der Waals surface area contributed by atoms with Gasteiger partial charge in [0.05, 0.1) is 6.10 Å². The molecule has 0 aliphatic heterocycles. The molecule has 0 rings (SSSR count). The average Bonchev–Trinajstić information content (AvgIpc) is 1.98. The van der Waals surface area contributed by atoms with Crippen LogP contribution >= 0.6 is 0 Å². The van der Waals surface area contributed by atoms with E-state index >= 15 is 0 Å². The second-order valence-electron chi connectivity index (χ2n) is 3.19. The molecule has 0 aromatic carbocycles. The van der Waals surface area contributed by atoms with E-state index in [0.717, 1.165) is 0 Å². The first-order valence-corrected chi connectivity index (χ1v) is 4.10. The standard InChI is InChI=1S/C8H15NO4/c1-5(2)6(10)4-9-7(11)3-8(12)13/h5-6,10H,3-4H2,1-2H3,(H,9,11)(H,12,13). The molecule has 0 aliphatic carbocycles. The third-order valence-corrected chi connectivity index (χ3v) is 1.59. The topological polar surface area (TPSA) is 86.6 Å². The molecular weight excluding hydrogens is 174 g/mol. The Balaban J connectivity index is 3.64. The van der Waals surface area contributed by atoms with Gasteiger partial charge in [-0.15, -0.1) is 0 Å². The van der Waals surface area contributed by atoms with Crippen LogP contribution < -0.4 is 5.32 Å². The van der Waals surface area contributed by atoms with Crippen LogP contribution in [0.3, 0.4) is 0 Å². The molecule has 5 heteroatoms. The van der Waals surface area contributed by atoms with Crippen LogP contribution in [0.5, 0.6) is 0 Å². The van der Waals surface area contributed by atoms with Crippen LogP contribution in [0, 0.1) is 5.92 Å². The summed E-state index contributed by atoms with van der Waals surface area (Å²) < 4.78 is 0. The van der Waals surface area contributed by atoms with E-state index in [0.29, 0.717) is 0 Å². The van der Waals surface area contributed by atoms with Gasteiger partial charge in [-0.2, -0.15) is 0 Å². The van der Waals surface area contributed by atoms with Gasteiger partial charge in [0, 0.05) is 6.54 Å². The minimum Gasteiger partial charge on any atom is -0.481 e. The van der Waals surface area contributed by atoms with E-state index in [-0.39, 0.29) is 12.5 Å². The predicted octanol–water partition coefficient (Wildman–Crippen LogP) is -0.406. The maximum atomic E-state index is 10.8. The number of nitrogens with one attached hydrogen (secondary N) is 1. The van der Waals surface area contributed by atoms with Crippen LogP contribution in [0.2, 0.25) is 0 Å². The first-order valence-electron chi connectivity index (χ1n) is 4.10. The van der Waals surface area contributed by atoms with Crippen molar-refractivity contribution in [2.75, 3.05) is 6.54 Å². The number of carboxylic acid groups (broad SMARTS) is 1. The van der Waals surface area contributed by atoms with Crippen molar-refractivity contribution in [2.24, 2.45) is 5.92 Å². The number of rotatable bonds is 5. The van der Waals surface area contributed by atoms with Crippen LogP contribution in [-0.4, -0.2) is 34.7 Å². The zero-order chi connectivity index (χ0) is 10.4. The van der Waals surface area contributed by atoms with Crippen molar-refractivity contribution in [1.82, 2.24) is 5.32 Å². The summed E-state index contributed by atoms with van der Waals surface area (Å²) in [6, 6.07) is 0. The summed E-state index contributed by atoms with van der Waals surface area (Å²) in [6.07, 6.45) is -1.18. The van der Waals surface area contributed by atoms with Gasteiger partial charge in [0.2, 0.25) is 5.91 Å². The molecule has 0 aliphatic rings. The highest BCUT2D eigenvalue weighted by Gasteiger charge is 2.12. The summed E-state index contributed by atoms with van der Waals surface area (Å²) in [5, 5.41) is 19.8. The second-order valence-corrected chi connectivity index (χ2v) is 3.19. The van der Waals surface area contributed by atoms with Gasteiger partial charge in [-0.1, -0.05) is 13.8 Å². The Morgan fingerprint density at radius 2 is 1.92 bits per heavy atom. The number of carbonyl (C=O) groups is 2. The van der Waals surface area contributed by atoms with Gasteiger partial charge in [-0.05, 0) is 5.92 Å². The zero-order valence-electron chi connectivity index (χ0n) is 7.78. The molecule has 0 saturated heterocycles. The molecule has 0 heterocycles. The zero-order valence-corrected chi connectivity index (χ0v) is 7.78. The van der Waals surface area contributed by atoms with Crippen molar-refractivity contribution in [1.29, 1.82) is 0 Å². The number of aliphatic hydroxyl groups is 1. The minimum atomic E-state index is -1.17. The number of carbonyl (C=O) groups excluding carboxylic acids is 1. The number of hydrogen-bond donors (Lipinski definition) is 3. The maximum absolute atomic E-state index is 10.8. The Morgan fingerprint density at radius 3 is 2.31 bits per heavy atom. The quantitative estimate of drug-likeness (QED) is 0.513. The van der Waals surface area contributed by atoms with Crippen LogP contribution in [0.1, 0.15) is 20.3 Å². The minimum absolute atomic E-state index is 0.0464. The SMILES string of the molecule is CC(C)C(O)CNC(=O)CC(=O)O. The molecule has 3 N–H and O–H groups in total. The summed E-state index contributed by atoms with van der Waals surface area (Å²) in [7, 11) is 0. The summed E-state index contributed by atoms with van der Waals surface area (Å²) in [5.41, 5.74) is 0. The van der Waals surface area contributed by atoms with Gasteiger partial charge in [-0.3, -0.25) is 9.59 Å². The van der Waals surface area contributed by atoms with Crippen molar-refractivity contribution in [3.63, 3.8) is 0 Å². The average molecular weight is 189 g/mol. The highest BCUT2D eigenvalue weighted by atomic mass is 16.4. The lowest BCUT2D eigenvalue weighted by Gasteiger charge is -2.14. The monoisotopic (exact) mass is 189 g/mol. The molecule has 0 aromatic heterocycles. The van der Waals surface area contributed by atoms with Crippen molar-refractivity contribution in [3.05, 3.63) is 0 Å². The Morgan fingerprint density at radius 1 is 1.38 bits per heavy atom. The summed E-state index contributed by atoms with van der Waals surface area (Å²) in [5.74, 6) is -1.70. The van der Waals surface area contributed by atoms with Gasteiger partial charge in [0.25, 0.3) is 0 Å². The number of hydrogen-bond acceptors (Lipinski definition) is 3. The molecule has 13 heavy (non-hydrogen) atoms. The fraction of sp³-hybridized carbons (Fsp3) is 0.750. The lowest BCUT2D eigenvalue weighted by molar-refractivity contribution is -0.140. The van der Waals surface area contributed by atoms with Gasteiger partial charge in [-0.25, -0.2) is 0 Å². The molecular formula is C8H15NO4. The fourth-order valence-corrected chi connectivity index (χ4v) is 0.654. The lowest BCUT2D eigenvalue weighted by atomic mass is 10.1. The molecule has 5 nitrogen and oxygen atoms in total. The number of aliphatic carboxylic acids is 1. The van der Waals surface area contributed by atoms with Crippen molar-refractivity contribution in [3.8, 4) is 0 Å². The summed E-state index contributed by atoms with van der Waals surface area (Å²) >= 11 is 0. The normalized spacial score (nSPS) is 12.6. The number of carboxylic acids is 1. The number of aliphatic hydroxyl groups excluding tert-OH is 1. The van der Waals surface area contributed by atoms with E-state index in [1.165, 1.54) is 0 Å². The second kappa shape index (κ2) is 5.53. The van der Waals surface area contributed by atoms with E-state index in [4.69, 9.17) is 5.11 Å². The first kappa shape index (κ1) is 11.9. The molecule has 0 bridgehead atoms. The highest BCUT2D eigenvalue weighted by Crippen LogP contribution is 1.98. The molecule has 76 valence electrons. The maximum Gasteiger partial charge on any atom is 0.312 e. The van der Waals surface area contributed by atoms with Crippen LogP contribution in [0.15, 0.2) is 0 Å². The largest absolute Gasteiger partial charge is 0.481 e. The lowest BCUT2D eigenvalue weighted by Crippen LogP contribution is -2.35. The van der Waals surface area contributed by atoms with Crippen molar-refractivity contribution in [2.45, 2.75) is 26.4 Å². The molecule has 0 aromatic rings. The van der Waals surface area contributed by atoms with E-state index in [1.807, 2.05) is 13.8 Å². The molecule has 0 spiro atoms. The predicted molar refractivity (Wildman–Crippen MR) is 46.1 cm³/mol. The van der Waals surface area contributed by atoms with E-state index in [2.05, 4.69) is 5.32 Å². The Labute approximate surface area is 76.8 Å². The van der Waals surface area contributed by atoms with Crippen molar-refractivity contribution < 1.29 is 19.8 Å². The van der Waals surface area contributed by atoms with Crippen LogP contribution in [0.4, 0.5) is 0 Å². The number of amides is 1. The van der Waals surface area contributed by atoms with E-state index < -0.39 is 24.4 Å². The smallest absolute Gasteiger partial charge is 0.312 e. The highest BCUT2D eigenvalue weighted by molar-refractivity contribution is 5.93. The van der Waals surface area contributed by atoms with E-state index in [1.54, 1.807) is 0 Å². The molecule has 1 unspecified atom stereocenters. The van der Waals surface area contributed by atoms with Crippen LogP contribution in [0.25, 0.3) is 0 Å². The fourth-order valence-electron chi connectivity index (χ4n) is 0.654. The molecule has 0 saturated carbocycles. The Bertz CT molecular complexity index is 191. The van der Waals surface area contributed by atoms with Gasteiger partial charge < -0.3 is 15.5 Å². The van der Waals surface area contributed by atoms with Gasteiger partial charge in [0.1, 0.15) is 6.42 Å². The molecule has 0 fully saturated rings. The van der Waals surface area contributed by atoms with Crippen molar-refractivity contribution >= 4 is 11.9 Å². The van der Waals surface area contributed by atoms with Gasteiger partial charge >= 0.3 is 5.97 Å². The van der Waals surface area contributed by atoms with Gasteiger partial charge in [0.15, 0.2) is 0 Å². The Hall–Kier alpha value is -1.10. The van der Waals surface area contributed by atoms with Crippen LogP contribution in [-0.2, 0) is 9.59 Å². The summed E-state index contributed by atoms with van der Waals surface area (Å²) in [4.78, 5) is 20.8. The molecule has 0 radical (unpaired) electrons. The van der Waals surface area contributed by atoms with E-state index in [9.17, 15) is 14.7 Å². The Kier molecular flexibility index (Phi) is 5.06. The third-order valence-electron chi connectivity index (χ3n) is 1.59. The first-order chi connectivity index (χ1) is 5.93. The summed E-state index contributed by atoms with van der Waals surface area (Å²) in [6.45, 7) is 3.73. The molecule has 1 amide bonds. The molecule has 1 atom stereocenters.